The van der Waals surface area contributed by atoms with Crippen LogP contribution < -0.4 is 10.5 Å². The van der Waals surface area contributed by atoms with E-state index in [1.165, 1.54) is 23.5 Å². The van der Waals surface area contributed by atoms with Gasteiger partial charge >= 0.3 is 0 Å². The lowest BCUT2D eigenvalue weighted by molar-refractivity contribution is 0.470. The van der Waals surface area contributed by atoms with Gasteiger partial charge < -0.3 is 10.5 Å². The SMILES string of the molecule is Cc1ccc(F)cc1Oc1nc2ccc(N)cc2s1. The van der Waals surface area contributed by atoms with E-state index in [4.69, 9.17) is 10.5 Å². The Hall–Kier alpha value is -2.14. The number of halogens is 1. The number of anilines is 1. The van der Waals surface area contributed by atoms with Crippen LogP contribution in [0.1, 0.15) is 5.56 Å². The second-order valence-corrected chi connectivity index (χ2v) is 5.21. The molecule has 19 heavy (non-hydrogen) atoms. The zero-order chi connectivity index (χ0) is 13.4. The Bertz CT molecular complexity index is 754. The Morgan fingerprint density at radius 2 is 2.05 bits per heavy atom. The summed E-state index contributed by atoms with van der Waals surface area (Å²) in [5, 5.41) is 0.481. The van der Waals surface area contributed by atoms with Crippen LogP contribution in [0.2, 0.25) is 0 Å². The highest BCUT2D eigenvalue weighted by atomic mass is 32.1. The Balaban J connectivity index is 1.98. The van der Waals surface area contributed by atoms with Gasteiger partial charge in [-0.2, -0.15) is 0 Å². The lowest BCUT2D eigenvalue weighted by Gasteiger charge is -2.04. The minimum absolute atomic E-state index is 0.328. The van der Waals surface area contributed by atoms with Crippen molar-refractivity contribution in [2.75, 3.05) is 5.73 Å². The van der Waals surface area contributed by atoms with E-state index in [-0.39, 0.29) is 5.82 Å². The number of aryl methyl sites for hydroxylation is 1. The van der Waals surface area contributed by atoms with E-state index in [1.54, 1.807) is 12.1 Å². The van der Waals surface area contributed by atoms with E-state index in [2.05, 4.69) is 4.98 Å². The van der Waals surface area contributed by atoms with Crippen LogP contribution in [-0.4, -0.2) is 4.98 Å². The van der Waals surface area contributed by atoms with Crippen molar-refractivity contribution in [1.29, 1.82) is 0 Å². The smallest absolute Gasteiger partial charge is 0.279 e. The number of thiazole rings is 1. The second kappa shape index (κ2) is 4.51. The monoisotopic (exact) mass is 274 g/mol. The minimum Gasteiger partial charge on any atom is -0.430 e. The molecule has 0 aliphatic carbocycles. The Morgan fingerprint density at radius 3 is 2.89 bits per heavy atom. The normalized spacial score (nSPS) is 10.8. The third-order valence-electron chi connectivity index (χ3n) is 2.74. The van der Waals surface area contributed by atoms with E-state index in [0.29, 0.717) is 16.6 Å². The summed E-state index contributed by atoms with van der Waals surface area (Å²) in [4.78, 5) is 4.34. The molecule has 1 aromatic heterocycles. The summed E-state index contributed by atoms with van der Waals surface area (Å²) >= 11 is 1.39. The van der Waals surface area contributed by atoms with Crippen molar-refractivity contribution in [3.8, 4) is 10.9 Å². The first-order chi connectivity index (χ1) is 9.11. The number of hydrogen-bond acceptors (Lipinski definition) is 4. The van der Waals surface area contributed by atoms with Crippen LogP contribution in [-0.2, 0) is 0 Å². The Morgan fingerprint density at radius 1 is 1.21 bits per heavy atom. The zero-order valence-electron chi connectivity index (χ0n) is 10.2. The van der Waals surface area contributed by atoms with Crippen LogP contribution in [0.15, 0.2) is 36.4 Å². The topological polar surface area (TPSA) is 48.1 Å². The zero-order valence-corrected chi connectivity index (χ0v) is 11.0. The van der Waals surface area contributed by atoms with Crippen LogP contribution >= 0.6 is 11.3 Å². The molecule has 0 spiro atoms. The fourth-order valence-corrected chi connectivity index (χ4v) is 2.62. The van der Waals surface area contributed by atoms with E-state index < -0.39 is 0 Å². The summed E-state index contributed by atoms with van der Waals surface area (Å²) < 4.78 is 19.8. The largest absolute Gasteiger partial charge is 0.430 e. The van der Waals surface area contributed by atoms with Gasteiger partial charge in [0.05, 0.1) is 10.2 Å². The number of nitrogen functional groups attached to an aromatic ring is 1. The molecular formula is C14H11FN2OS. The van der Waals surface area contributed by atoms with E-state index in [0.717, 1.165) is 15.8 Å². The molecule has 0 amide bonds. The van der Waals surface area contributed by atoms with Crippen molar-refractivity contribution < 1.29 is 9.13 Å². The molecule has 0 fully saturated rings. The number of nitrogens with zero attached hydrogens (tertiary/aromatic N) is 1. The molecule has 1 heterocycles. The van der Waals surface area contributed by atoms with E-state index in [9.17, 15) is 4.39 Å². The maximum absolute atomic E-state index is 13.2. The van der Waals surface area contributed by atoms with Crippen molar-refractivity contribution in [2.24, 2.45) is 0 Å². The lowest BCUT2D eigenvalue weighted by Crippen LogP contribution is -1.88. The number of hydrogen-bond donors (Lipinski definition) is 1. The van der Waals surface area contributed by atoms with Crippen LogP contribution in [0, 0.1) is 12.7 Å². The van der Waals surface area contributed by atoms with Crippen LogP contribution in [0.4, 0.5) is 10.1 Å². The van der Waals surface area contributed by atoms with Crippen molar-refractivity contribution in [1.82, 2.24) is 4.98 Å². The number of aromatic nitrogens is 1. The highest BCUT2D eigenvalue weighted by Crippen LogP contribution is 2.33. The summed E-state index contributed by atoms with van der Waals surface area (Å²) in [6.07, 6.45) is 0. The average molecular weight is 274 g/mol. The third-order valence-corrected chi connectivity index (χ3v) is 3.64. The first-order valence-corrected chi connectivity index (χ1v) is 6.53. The maximum Gasteiger partial charge on any atom is 0.279 e. The molecule has 2 aromatic carbocycles. The fourth-order valence-electron chi connectivity index (χ4n) is 1.74. The van der Waals surface area contributed by atoms with Gasteiger partial charge in [-0.1, -0.05) is 17.4 Å². The maximum atomic E-state index is 13.2. The summed E-state index contributed by atoms with van der Waals surface area (Å²) in [6, 6.07) is 9.91. The molecule has 0 atom stereocenters. The standard InChI is InChI=1S/C14H11FN2OS/c1-8-2-3-9(15)6-12(8)18-14-17-11-5-4-10(16)7-13(11)19-14/h2-7H,16H2,1H3. The molecule has 3 nitrogen and oxygen atoms in total. The number of nitrogens with two attached hydrogens (primary N) is 1. The Kier molecular flexibility index (Phi) is 2.83. The molecule has 0 saturated heterocycles. The van der Waals surface area contributed by atoms with Gasteiger partial charge in [0.25, 0.3) is 5.19 Å². The van der Waals surface area contributed by atoms with Gasteiger partial charge in [-0.15, -0.1) is 0 Å². The van der Waals surface area contributed by atoms with Gasteiger partial charge in [0.15, 0.2) is 0 Å². The predicted octanol–water partition coefficient (Wildman–Crippen LogP) is 4.12. The molecule has 96 valence electrons. The second-order valence-electron chi connectivity index (χ2n) is 4.22. The molecule has 0 aliphatic heterocycles. The minimum atomic E-state index is -0.328. The summed E-state index contributed by atoms with van der Waals surface area (Å²) in [6.45, 7) is 1.86. The van der Waals surface area contributed by atoms with E-state index in [1.807, 2.05) is 19.1 Å². The molecule has 3 rings (SSSR count). The molecule has 0 unspecified atom stereocenters. The molecule has 5 heteroatoms. The summed E-state index contributed by atoms with van der Waals surface area (Å²) in [5.41, 5.74) is 8.09. The molecule has 2 N–H and O–H groups in total. The molecule has 0 saturated carbocycles. The van der Waals surface area contributed by atoms with Gasteiger partial charge in [-0.25, -0.2) is 9.37 Å². The molecular weight excluding hydrogens is 263 g/mol. The Labute approximate surface area is 113 Å². The number of fused-ring (bicyclic) bond motifs is 1. The number of rotatable bonds is 2. The van der Waals surface area contributed by atoms with Crippen LogP contribution in [0.3, 0.4) is 0 Å². The van der Waals surface area contributed by atoms with Crippen LogP contribution in [0.25, 0.3) is 10.2 Å². The van der Waals surface area contributed by atoms with Gasteiger partial charge in [-0.3, -0.25) is 0 Å². The van der Waals surface area contributed by atoms with Gasteiger partial charge in [-0.05, 0) is 36.8 Å². The fraction of sp³-hybridized carbons (Fsp3) is 0.0714. The summed E-state index contributed by atoms with van der Waals surface area (Å²) in [7, 11) is 0. The average Bonchev–Trinajstić information content (AvgIpc) is 2.75. The number of ether oxygens (including phenoxy) is 1. The summed E-state index contributed by atoms with van der Waals surface area (Å²) in [5.74, 6) is 0.151. The quantitative estimate of drug-likeness (QED) is 0.715. The molecule has 3 aromatic rings. The highest BCUT2D eigenvalue weighted by Gasteiger charge is 2.08. The van der Waals surface area contributed by atoms with Gasteiger partial charge in [0.2, 0.25) is 0 Å². The van der Waals surface area contributed by atoms with Gasteiger partial charge in [0.1, 0.15) is 11.6 Å². The lowest BCUT2D eigenvalue weighted by atomic mass is 10.2. The van der Waals surface area contributed by atoms with Crippen LogP contribution in [0.5, 0.6) is 10.9 Å². The first-order valence-electron chi connectivity index (χ1n) is 5.72. The van der Waals surface area contributed by atoms with E-state index >= 15 is 0 Å². The van der Waals surface area contributed by atoms with Crippen molar-refractivity contribution in [3.05, 3.63) is 47.8 Å². The van der Waals surface area contributed by atoms with Crippen molar-refractivity contribution in [2.45, 2.75) is 6.92 Å². The highest BCUT2D eigenvalue weighted by molar-refractivity contribution is 7.20. The molecule has 0 radical (unpaired) electrons. The first kappa shape index (κ1) is 11.9. The van der Waals surface area contributed by atoms with Crippen molar-refractivity contribution >= 4 is 27.2 Å². The molecule has 0 aliphatic rings. The number of benzene rings is 2. The van der Waals surface area contributed by atoms with Gasteiger partial charge in [0, 0.05) is 11.8 Å². The van der Waals surface area contributed by atoms with Crippen molar-refractivity contribution in [3.63, 3.8) is 0 Å². The molecule has 0 bridgehead atoms. The third kappa shape index (κ3) is 2.37. The predicted molar refractivity (Wildman–Crippen MR) is 75.2 cm³/mol.